The van der Waals surface area contributed by atoms with E-state index in [1.54, 1.807) is 12.1 Å². The summed E-state index contributed by atoms with van der Waals surface area (Å²) in [6.07, 6.45) is 2.59. The number of carbonyl (C=O) groups is 1. The lowest BCUT2D eigenvalue weighted by Crippen LogP contribution is -2.45. The molecule has 19 heavy (non-hydrogen) atoms. The highest BCUT2D eigenvalue weighted by Gasteiger charge is 2.32. The van der Waals surface area contributed by atoms with E-state index in [1.807, 2.05) is 11.8 Å². The molecular formula is C14H17ClFNO2. The van der Waals surface area contributed by atoms with E-state index < -0.39 is 17.8 Å². The summed E-state index contributed by atoms with van der Waals surface area (Å²) in [4.78, 5) is 13.2. The molecule has 2 rings (SSSR count). The minimum absolute atomic E-state index is 0.0771. The number of piperidine rings is 1. The van der Waals surface area contributed by atoms with E-state index in [9.17, 15) is 14.3 Å². The van der Waals surface area contributed by atoms with Gasteiger partial charge in [0.05, 0.1) is 5.02 Å². The zero-order chi connectivity index (χ0) is 14.0. The van der Waals surface area contributed by atoms with Crippen LogP contribution in [0.25, 0.3) is 0 Å². The Bertz CT molecular complexity index is 481. The van der Waals surface area contributed by atoms with Gasteiger partial charge in [0.1, 0.15) is 11.9 Å². The normalized spacial score (nSPS) is 22.2. The van der Waals surface area contributed by atoms with E-state index in [0.717, 1.165) is 24.9 Å². The molecule has 0 bridgehead atoms. The van der Waals surface area contributed by atoms with Crippen molar-refractivity contribution >= 4 is 17.6 Å². The second kappa shape index (κ2) is 5.88. The summed E-state index contributed by atoms with van der Waals surface area (Å²) < 4.78 is 13.2. The van der Waals surface area contributed by atoms with Crippen molar-refractivity contribution in [1.82, 2.24) is 4.90 Å². The molecule has 2 atom stereocenters. The summed E-state index contributed by atoms with van der Waals surface area (Å²) in [6, 6.07) is 4.02. The fraction of sp³-hybridized carbons (Fsp3) is 0.500. The van der Waals surface area contributed by atoms with Gasteiger partial charge in [0.15, 0.2) is 0 Å². The molecule has 0 radical (unpaired) electrons. The molecule has 1 fully saturated rings. The van der Waals surface area contributed by atoms with Crippen molar-refractivity contribution in [2.24, 2.45) is 0 Å². The molecule has 1 aliphatic rings. The van der Waals surface area contributed by atoms with Crippen molar-refractivity contribution in [3.8, 4) is 0 Å². The fourth-order valence-corrected chi connectivity index (χ4v) is 2.84. The van der Waals surface area contributed by atoms with Crippen LogP contribution in [0.4, 0.5) is 4.39 Å². The lowest BCUT2D eigenvalue weighted by Gasteiger charge is -2.37. The summed E-state index contributed by atoms with van der Waals surface area (Å²) in [6.45, 7) is 2.68. The highest BCUT2D eigenvalue weighted by molar-refractivity contribution is 6.30. The predicted molar refractivity (Wildman–Crippen MR) is 71.8 cm³/mol. The fourth-order valence-electron chi connectivity index (χ4n) is 2.65. The molecule has 1 N–H and O–H groups in total. The summed E-state index contributed by atoms with van der Waals surface area (Å²) in [7, 11) is 0. The van der Waals surface area contributed by atoms with Gasteiger partial charge in [-0.1, -0.05) is 24.1 Å². The molecule has 1 heterocycles. The van der Waals surface area contributed by atoms with Crippen LogP contribution in [0, 0.1) is 5.82 Å². The Balaban J connectivity index is 2.23. The van der Waals surface area contributed by atoms with Gasteiger partial charge in [0, 0.05) is 6.04 Å². The number of carboxylic acids is 1. The first-order valence-electron chi connectivity index (χ1n) is 6.44. The van der Waals surface area contributed by atoms with Crippen molar-refractivity contribution in [1.29, 1.82) is 0 Å². The maximum absolute atomic E-state index is 13.2. The number of carboxylic acid groups (broad SMARTS) is 1. The molecule has 0 saturated carbocycles. The van der Waals surface area contributed by atoms with Gasteiger partial charge in [-0.3, -0.25) is 9.69 Å². The molecule has 2 unspecified atom stereocenters. The molecule has 1 saturated heterocycles. The number of likely N-dealkylation sites (tertiary alicyclic amines) is 1. The van der Waals surface area contributed by atoms with Gasteiger partial charge in [-0.15, -0.1) is 0 Å². The molecule has 0 amide bonds. The number of nitrogens with zero attached hydrogens (tertiary/aromatic N) is 1. The number of halogens is 2. The number of hydrogen-bond donors (Lipinski definition) is 1. The van der Waals surface area contributed by atoms with E-state index in [2.05, 4.69) is 0 Å². The van der Waals surface area contributed by atoms with Crippen molar-refractivity contribution in [3.05, 3.63) is 34.6 Å². The first-order chi connectivity index (χ1) is 9.00. The topological polar surface area (TPSA) is 40.5 Å². The molecule has 0 aliphatic carbocycles. The van der Waals surface area contributed by atoms with Crippen LogP contribution in [0.3, 0.4) is 0 Å². The Kier molecular flexibility index (Phi) is 4.42. The average Bonchev–Trinajstić information content (AvgIpc) is 2.41. The van der Waals surface area contributed by atoms with Gasteiger partial charge in [-0.25, -0.2) is 4.39 Å². The van der Waals surface area contributed by atoms with Crippen LogP contribution < -0.4 is 0 Å². The molecule has 1 aliphatic heterocycles. The zero-order valence-corrected chi connectivity index (χ0v) is 11.5. The van der Waals surface area contributed by atoms with Crippen LogP contribution in [-0.4, -0.2) is 28.6 Å². The van der Waals surface area contributed by atoms with E-state index in [-0.39, 0.29) is 11.1 Å². The first-order valence-corrected chi connectivity index (χ1v) is 6.82. The Morgan fingerprint density at radius 3 is 2.89 bits per heavy atom. The highest BCUT2D eigenvalue weighted by atomic mass is 35.5. The summed E-state index contributed by atoms with van der Waals surface area (Å²) in [5, 5.41) is 9.35. The summed E-state index contributed by atoms with van der Waals surface area (Å²) >= 11 is 5.79. The third kappa shape index (κ3) is 3.07. The second-order valence-corrected chi connectivity index (χ2v) is 5.34. The zero-order valence-electron chi connectivity index (χ0n) is 10.8. The quantitative estimate of drug-likeness (QED) is 0.924. The molecule has 0 aromatic heterocycles. The average molecular weight is 286 g/mol. The second-order valence-electron chi connectivity index (χ2n) is 4.94. The van der Waals surface area contributed by atoms with Crippen LogP contribution in [0.5, 0.6) is 0 Å². The van der Waals surface area contributed by atoms with Crippen LogP contribution in [-0.2, 0) is 4.79 Å². The first kappa shape index (κ1) is 14.3. The van der Waals surface area contributed by atoms with Crippen molar-refractivity contribution in [3.63, 3.8) is 0 Å². The van der Waals surface area contributed by atoms with Gasteiger partial charge in [0.25, 0.3) is 0 Å². The monoisotopic (exact) mass is 285 g/mol. The maximum Gasteiger partial charge on any atom is 0.320 e. The Labute approximate surface area is 117 Å². The number of hydrogen-bond acceptors (Lipinski definition) is 2. The Hall–Kier alpha value is -1.13. The smallest absolute Gasteiger partial charge is 0.320 e. The lowest BCUT2D eigenvalue weighted by atomic mass is 9.97. The number of rotatable bonds is 3. The molecular weight excluding hydrogens is 269 g/mol. The largest absolute Gasteiger partial charge is 0.480 e. The van der Waals surface area contributed by atoms with Crippen LogP contribution in [0.15, 0.2) is 18.2 Å². The van der Waals surface area contributed by atoms with E-state index in [1.165, 1.54) is 6.07 Å². The van der Waals surface area contributed by atoms with E-state index in [0.29, 0.717) is 6.42 Å². The van der Waals surface area contributed by atoms with Crippen molar-refractivity contribution < 1.29 is 14.3 Å². The molecule has 1 aromatic carbocycles. The molecule has 3 nitrogen and oxygen atoms in total. The summed E-state index contributed by atoms with van der Waals surface area (Å²) in [5.41, 5.74) is 0.847. The SMILES string of the molecule is CC(c1ccc(F)c(Cl)c1)N1CCCCC1C(=O)O. The molecule has 0 spiro atoms. The highest BCUT2D eigenvalue weighted by Crippen LogP contribution is 2.30. The third-order valence-corrected chi connectivity index (χ3v) is 4.04. The standard InChI is InChI=1S/C14H17ClFNO2/c1-9(10-5-6-12(16)11(15)8-10)17-7-3-2-4-13(17)14(18)19/h5-6,8-9,13H,2-4,7H2,1H3,(H,18,19). The predicted octanol–water partition coefficient (Wildman–Crippen LogP) is 3.48. The number of aliphatic carboxylic acids is 1. The van der Waals surface area contributed by atoms with Crippen molar-refractivity contribution in [2.45, 2.75) is 38.3 Å². The maximum atomic E-state index is 13.2. The van der Waals surface area contributed by atoms with Crippen LogP contribution in [0.1, 0.15) is 37.8 Å². The number of benzene rings is 1. The van der Waals surface area contributed by atoms with Gasteiger partial charge >= 0.3 is 5.97 Å². The lowest BCUT2D eigenvalue weighted by molar-refractivity contribution is -0.145. The van der Waals surface area contributed by atoms with Gasteiger partial charge < -0.3 is 5.11 Å². The van der Waals surface area contributed by atoms with E-state index >= 15 is 0 Å². The van der Waals surface area contributed by atoms with Crippen LogP contribution >= 0.6 is 11.6 Å². The third-order valence-electron chi connectivity index (χ3n) is 3.75. The molecule has 5 heteroatoms. The minimum atomic E-state index is -0.792. The van der Waals surface area contributed by atoms with Gasteiger partial charge in [-0.2, -0.15) is 0 Å². The molecule has 1 aromatic rings. The summed E-state index contributed by atoms with van der Waals surface area (Å²) in [5.74, 6) is -1.24. The van der Waals surface area contributed by atoms with E-state index in [4.69, 9.17) is 11.6 Å². The van der Waals surface area contributed by atoms with Gasteiger partial charge in [0.2, 0.25) is 0 Å². The van der Waals surface area contributed by atoms with Crippen molar-refractivity contribution in [2.75, 3.05) is 6.54 Å². The Morgan fingerprint density at radius 2 is 2.26 bits per heavy atom. The van der Waals surface area contributed by atoms with Crippen LogP contribution in [0.2, 0.25) is 5.02 Å². The molecule has 104 valence electrons. The van der Waals surface area contributed by atoms with Gasteiger partial charge in [-0.05, 0) is 44.0 Å². The minimum Gasteiger partial charge on any atom is -0.480 e. The Morgan fingerprint density at radius 1 is 1.53 bits per heavy atom.